The van der Waals surface area contributed by atoms with Crippen LogP contribution in [0, 0.1) is 0 Å². The van der Waals surface area contributed by atoms with Gasteiger partial charge in [-0.1, -0.05) is 0 Å². The van der Waals surface area contributed by atoms with Crippen molar-refractivity contribution in [2.45, 2.75) is 6.92 Å². The molecule has 1 radical (unpaired) electrons. The molecule has 0 aromatic carbocycles. The van der Waals surface area contributed by atoms with Gasteiger partial charge in [0.1, 0.15) is 0 Å². The van der Waals surface area contributed by atoms with E-state index in [-0.39, 0.29) is 17.1 Å². The van der Waals surface area contributed by atoms with Crippen LogP contribution in [0.2, 0.25) is 0 Å². The Morgan fingerprint density at radius 2 is 1.50 bits per heavy atom. The minimum atomic E-state index is 0. The summed E-state index contributed by atoms with van der Waals surface area (Å²) in [7, 11) is 3.34. The first-order chi connectivity index (χ1) is 7.10. The first-order valence-corrected chi connectivity index (χ1v) is 4.84. The van der Waals surface area contributed by atoms with Crippen LogP contribution in [-0.4, -0.2) is 36.4 Å². The van der Waals surface area contributed by atoms with Crippen LogP contribution in [-0.2, 0) is 42.3 Å². The zero-order chi connectivity index (χ0) is 11.7. The molecule has 0 heterocycles. The normalized spacial score (nSPS) is 13.6. The second kappa shape index (κ2) is 10.7. The average Bonchev–Trinajstić information content (AvgIpc) is 2.25. The second-order valence-corrected chi connectivity index (χ2v) is 3.07. The van der Waals surface area contributed by atoms with E-state index in [4.69, 9.17) is 25.3 Å². The fourth-order valence-corrected chi connectivity index (χ4v) is 0.503. The van der Waals surface area contributed by atoms with Gasteiger partial charge in [0.25, 0.3) is 0 Å². The molecule has 0 rings (SSSR count). The van der Waals surface area contributed by atoms with Gasteiger partial charge in [-0.25, -0.2) is 0 Å². The van der Waals surface area contributed by atoms with Crippen LogP contribution in [0.5, 0.6) is 0 Å². The van der Waals surface area contributed by atoms with Gasteiger partial charge in [0, 0.05) is 14.1 Å². The number of nitrogens with one attached hydrogen (secondary N) is 2. The molecule has 0 aliphatic carbocycles. The first kappa shape index (κ1) is 17.6. The molecule has 9 heteroatoms. The van der Waals surface area contributed by atoms with Crippen LogP contribution >= 0.6 is 0 Å². The summed E-state index contributed by atoms with van der Waals surface area (Å²) in [6.45, 7) is 1.73. The van der Waals surface area contributed by atoms with Crippen molar-refractivity contribution < 1.29 is 17.1 Å². The van der Waals surface area contributed by atoms with E-state index >= 15 is 0 Å². The van der Waals surface area contributed by atoms with Gasteiger partial charge in [-0.3, -0.25) is 0 Å². The van der Waals surface area contributed by atoms with E-state index in [2.05, 4.69) is 31.0 Å². The summed E-state index contributed by atoms with van der Waals surface area (Å²) in [4.78, 5) is 0. The summed E-state index contributed by atoms with van der Waals surface area (Å²) in [5.41, 5.74) is 0.579. The molecular weight excluding hydrogens is 294 g/mol. The SMILES string of the molecule is CN/C([S-])=N/N=C/C(C)=N/N=C(\[S-])NC.[62Cu+2]. The Bertz CT molecular complexity index is 312. The molecule has 0 aromatic rings. The summed E-state index contributed by atoms with van der Waals surface area (Å²) < 4.78 is 0. The number of hydrogen-bond acceptors (Lipinski definition) is 6. The van der Waals surface area contributed by atoms with Gasteiger partial charge in [0.05, 0.1) is 11.9 Å². The van der Waals surface area contributed by atoms with Crippen molar-refractivity contribution in [1.29, 1.82) is 0 Å². The van der Waals surface area contributed by atoms with E-state index in [0.29, 0.717) is 16.0 Å². The largest absolute Gasteiger partial charge is 2.00 e. The molecule has 0 saturated heterocycles. The monoisotopic (exact) mass is 306 g/mol. The van der Waals surface area contributed by atoms with Crippen LogP contribution in [0.3, 0.4) is 0 Å². The van der Waals surface area contributed by atoms with Gasteiger partial charge >= 0.3 is 17.1 Å². The summed E-state index contributed by atoms with van der Waals surface area (Å²) in [5, 5.41) is 20.7. The molecule has 0 saturated carbocycles. The Labute approximate surface area is 116 Å². The Balaban J connectivity index is 0. The molecule has 6 nitrogen and oxygen atoms in total. The van der Waals surface area contributed by atoms with E-state index < -0.39 is 0 Å². The van der Waals surface area contributed by atoms with E-state index in [1.165, 1.54) is 6.21 Å². The van der Waals surface area contributed by atoms with Crippen LogP contribution in [0.15, 0.2) is 20.4 Å². The van der Waals surface area contributed by atoms with Crippen LogP contribution in [0.25, 0.3) is 0 Å². The third-order valence-corrected chi connectivity index (χ3v) is 1.69. The molecule has 0 unspecified atom stereocenters. The fraction of sp³-hybridized carbons (Fsp3) is 0.429. The van der Waals surface area contributed by atoms with Crippen molar-refractivity contribution in [1.82, 2.24) is 10.6 Å². The van der Waals surface area contributed by atoms with E-state index in [1.807, 2.05) is 0 Å². The van der Waals surface area contributed by atoms with E-state index in [1.54, 1.807) is 21.0 Å². The number of nitrogens with zero attached hydrogens (tertiary/aromatic N) is 4. The van der Waals surface area contributed by atoms with Crippen molar-refractivity contribution in [3.63, 3.8) is 0 Å². The zero-order valence-electron chi connectivity index (χ0n) is 8.98. The molecule has 0 aliphatic rings. The maximum Gasteiger partial charge on any atom is 2.00 e. The van der Waals surface area contributed by atoms with Crippen molar-refractivity contribution >= 4 is 47.5 Å². The maximum absolute atomic E-state index is 4.76. The van der Waals surface area contributed by atoms with Gasteiger partial charge < -0.3 is 35.9 Å². The summed E-state index contributed by atoms with van der Waals surface area (Å²) in [6, 6.07) is 0. The molecule has 0 bridgehead atoms. The molecular formula is C7H12CuN6S2. The quantitative estimate of drug-likeness (QED) is 0.244. The molecule has 0 spiro atoms. The minimum Gasteiger partial charge on any atom is -0.741 e. The zero-order valence-corrected chi connectivity index (χ0v) is 11.6. The standard InChI is InChI=1S/C7H14N6S2.Cu/c1-5(11-13-7(15)9-3)4-10-12-6(14)8-2;/h4H,1-3H3,(H2,8,12,14)(H2,9,13,15);/q;+2/p-2/b10-4+,11-5+;/i;1-2. The van der Waals surface area contributed by atoms with Crippen molar-refractivity contribution in [2.75, 3.05) is 14.1 Å². The van der Waals surface area contributed by atoms with Gasteiger partial charge in [-0.2, -0.15) is 20.4 Å². The van der Waals surface area contributed by atoms with Gasteiger partial charge in [-0.05, 0) is 17.3 Å². The molecule has 93 valence electrons. The van der Waals surface area contributed by atoms with Crippen LogP contribution in [0.1, 0.15) is 6.92 Å². The van der Waals surface area contributed by atoms with Crippen molar-refractivity contribution in [3.8, 4) is 0 Å². The topological polar surface area (TPSA) is 73.5 Å². The summed E-state index contributed by atoms with van der Waals surface area (Å²) in [5.74, 6) is 0. The summed E-state index contributed by atoms with van der Waals surface area (Å²) >= 11 is 9.51. The summed E-state index contributed by atoms with van der Waals surface area (Å²) in [6.07, 6.45) is 1.44. The van der Waals surface area contributed by atoms with E-state index in [0.717, 1.165) is 0 Å². The Kier molecular flexibility index (Phi) is 11.8. The van der Waals surface area contributed by atoms with Crippen molar-refractivity contribution in [2.24, 2.45) is 20.4 Å². The Hall–Kier alpha value is -0.761. The molecule has 0 amide bonds. The Morgan fingerprint density at radius 3 is 2.00 bits per heavy atom. The van der Waals surface area contributed by atoms with Crippen LogP contribution < -0.4 is 10.6 Å². The number of amidine groups is 2. The molecule has 0 aliphatic heterocycles. The maximum atomic E-state index is 4.76. The molecule has 0 fully saturated rings. The second-order valence-electron chi connectivity index (χ2n) is 2.30. The predicted octanol–water partition coefficient (Wildman–Crippen LogP) is -0.410. The number of hydrogen-bond donors (Lipinski definition) is 2. The number of rotatable bonds is 3. The van der Waals surface area contributed by atoms with Gasteiger partial charge in [-0.15, -0.1) is 0 Å². The first-order valence-electron chi connectivity index (χ1n) is 4.03. The minimum absolute atomic E-state index is 0. The van der Waals surface area contributed by atoms with E-state index in [9.17, 15) is 0 Å². The van der Waals surface area contributed by atoms with Gasteiger partial charge in [0.15, 0.2) is 0 Å². The fourth-order valence-electron chi connectivity index (χ4n) is 0.415. The predicted molar refractivity (Wildman–Crippen MR) is 69.3 cm³/mol. The average molecular weight is 306 g/mol. The third kappa shape index (κ3) is 9.78. The molecule has 2 N–H and O–H groups in total. The Morgan fingerprint density at radius 1 is 1.00 bits per heavy atom. The van der Waals surface area contributed by atoms with Crippen LogP contribution in [0.4, 0.5) is 0 Å². The molecule has 0 atom stereocenters. The third-order valence-electron chi connectivity index (χ3n) is 1.12. The van der Waals surface area contributed by atoms with Crippen molar-refractivity contribution in [3.05, 3.63) is 0 Å². The van der Waals surface area contributed by atoms with Gasteiger partial charge in [0.2, 0.25) is 0 Å². The molecule has 0 aromatic heterocycles. The smallest absolute Gasteiger partial charge is 0.741 e. The molecule has 16 heavy (non-hydrogen) atoms.